The first-order valence-electron chi connectivity index (χ1n) is 8.77. The van der Waals surface area contributed by atoms with Gasteiger partial charge in [-0.3, -0.25) is 0 Å². The molecule has 0 aromatic rings. The molecule has 114 valence electrons. The molecule has 19 heavy (non-hydrogen) atoms. The molecular weight excluding hydrogens is 230 g/mol. The van der Waals surface area contributed by atoms with E-state index in [1.54, 1.807) is 0 Å². The molecule has 0 heterocycles. The summed E-state index contributed by atoms with van der Waals surface area (Å²) in [6, 6.07) is 0. The predicted molar refractivity (Wildman–Crippen MR) is 88.8 cm³/mol. The molecule has 0 radical (unpaired) electrons. The molecule has 0 unspecified atom stereocenters. The molecular formula is C18H37N. The maximum Gasteiger partial charge on any atom is -0.00489 e. The number of nitrogens with one attached hydrogen (secondary N) is 1. The smallest absolute Gasteiger partial charge is 0.00489 e. The summed E-state index contributed by atoms with van der Waals surface area (Å²) >= 11 is 0. The fraction of sp³-hybridized carbons (Fsp3) is 0.889. The van der Waals surface area contributed by atoms with Crippen LogP contribution in [0.5, 0.6) is 0 Å². The summed E-state index contributed by atoms with van der Waals surface area (Å²) in [6.07, 6.45) is 21.0. The molecule has 0 saturated carbocycles. The Balaban J connectivity index is 2.93. The molecule has 1 nitrogen and oxygen atoms in total. The molecule has 0 saturated heterocycles. The van der Waals surface area contributed by atoms with Crippen molar-refractivity contribution >= 4 is 0 Å². The number of allylic oxidation sites excluding steroid dienone is 2. The van der Waals surface area contributed by atoms with Crippen LogP contribution in [0.25, 0.3) is 0 Å². The van der Waals surface area contributed by atoms with Crippen LogP contribution in [0.2, 0.25) is 0 Å². The van der Waals surface area contributed by atoms with Crippen molar-refractivity contribution < 1.29 is 0 Å². The van der Waals surface area contributed by atoms with Gasteiger partial charge < -0.3 is 5.32 Å². The number of rotatable bonds is 15. The maximum absolute atomic E-state index is 3.57. The zero-order chi connectivity index (χ0) is 14.0. The highest BCUT2D eigenvalue weighted by molar-refractivity contribution is 4.79. The molecule has 0 spiro atoms. The number of unbranched alkanes of at least 4 members (excludes halogenated alkanes) is 9. The van der Waals surface area contributed by atoms with E-state index in [0.29, 0.717) is 0 Å². The third kappa shape index (κ3) is 17.7. The minimum absolute atomic E-state index is 1.18. The molecule has 0 aromatic heterocycles. The van der Waals surface area contributed by atoms with Gasteiger partial charge in [0.1, 0.15) is 0 Å². The first kappa shape index (κ1) is 18.7. The topological polar surface area (TPSA) is 12.0 Å². The van der Waals surface area contributed by atoms with Crippen LogP contribution in [0, 0.1) is 0 Å². The van der Waals surface area contributed by atoms with Crippen molar-refractivity contribution in [2.45, 2.75) is 90.9 Å². The van der Waals surface area contributed by atoms with E-state index in [1.807, 2.05) is 0 Å². The average molecular weight is 268 g/mol. The van der Waals surface area contributed by atoms with E-state index in [0.717, 1.165) is 0 Å². The van der Waals surface area contributed by atoms with Crippen LogP contribution in [-0.2, 0) is 0 Å². The van der Waals surface area contributed by atoms with Gasteiger partial charge in [-0.15, -0.1) is 0 Å². The molecule has 0 atom stereocenters. The van der Waals surface area contributed by atoms with Gasteiger partial charge in [-0.1, -0.05) is 70.9 Å². The van der Waals surface area contributed by atoms with Crippen molar-refractivity contribution in [3.05, 3.63) is 12.2 Å². The number of hydrogen-bond acceptors (Lipinski definition) is 1. The molecule has 1 N–H and O–H groups in total. The Bertz CT molecular complexity index is 175. The highest BCUT2D eigenvalue weighted by atomic mass is 14.8. The average Bonchev–Trinajstić information content (AvgIpc) is 2.43. The molecule has 0 aliphatic carbocycles. The Labute approximate surface area is 122 Å². The highest BCUT2D eigenvalue weighted by Gasteiger charge is 1.92. The van der Waals surface area contributed by atoms with E-state index in [1.165, 1.54) is 90.1 Å². The second-order valence-electron chi connectivity index (χ2n) is 5.60. The highest BCUT2D eigenvalue weighted by Crippen LogP contribution is 2.06. The molecule has 0 amide bonds. The SMILES string of the molecule is CC/C=C/CCCCCNCCCCCCCCC. The van der Waals surface area contributed by atoms with Gasteiger partial charge in [-0.25, -0.2) is 0 Å². The van der Waals surface area contributed by atoms with E-state index < -0.39 is 0 Å². The van der Waals surface area contributed by atoms with E-state index in [-0.39, 0.29) is 0 Å². The predicted octanol–water partition coefficient (Wildman–Crippen LogP) is 5.85. The van der Waals surface area contributed by atoms with E-state index in [9.17, 15) is 0 Å². The van der Waals surface area contributed by atoms with E-state index >= 15 is 0 Å². The van der Waals surface area contributed by atoms with Crippen molar-refractivity contribution in [3.63, 3.8) is 0 Å². The molecule has 0 bridgehead atoms. The third-order valence-electron chi connectivity index (χ3n) is 3.58. The summed E-state index contributed by atoms with van der Waals surface area (Å²) in [6.45, 7) is 6.92. The minimum atomic E-state index is 1.18. The second-order valence-corrected chi connectivity index (χ2v) is 5.60. The van der Waals surface area contributed by atoms with Crippen LogP contribution < -0.4 is 5.32 Å². The Morgan fingerprint density at radius 1 is 0.632 bits per heavy atom. The quantitative estimate of drug-likeness (QED) is 0.290. The van der Waals surface area contributed by atoms with Crippen molar-refractivity contribution in [2.24, 2.45) is 0 Å². The molecule has 1 heteroatoms. The van der Waals surface area contributed by atoms with Gasteiger partial charge in [-0.05, 0) is 45.2 Å². The Kier molecular flexibility index (Phi) is 17.4. The van der Waals surface area contributed by atoms with Gasteiger partial charge >= 0.3 is 0 Å². The van der Waals surface area contributed by atoms with Crippen LogP contribution in [0.3, 0.4) is 0 Å². The van der Waals surface area contributed by atoms with Crippen LogP contribution >= 0.6 is 0 Å². The number of hydrogen-bond donors (Lipinski definition) is 1. The standard InChI is InChI=1S/C18H37N/c1-3-5-7-9-11-13-15-17-19-18-16-14-12-10-8-6-4-2/h5,7,19H,3-4,6,8-18H2,1-2H3/b7-5+. The maximum atomic E-state index is 3.57. The monoisotopic (exact) mass is 267 g/mol. The van der Waals surface area contributed by atoms with Crippen LogP contribution in [0.1, 0.15) is 90.9 Å². The summed E-state index contributed by atoms with van der Waals surface area (Å²) in [5, 5.41) is 3.57. The minimum Gasteiger partial charge on any atom is -0.317 e. The molecule has 0 fully saturated rings. The Morgan fingerprint density at radius 3 is 1.84 bits per heavy atom. The second kappa shape index (κ2) is 17.7. The van der Waals surface area contributed by atoms with E-state index in [4.69, 9.17) is 0 Å². The molecule has 0 aliphatic rings. The van der Waals surface area contributed by atoms with E-state index in [2.05, 4.69) is 31.3 Å². The summed E-state index contributed by atoms with van der Waals surface area (Å²) in [4.78, 5) is 0. The third-order valence-corrected chi connectivity index (χ3v) is 3.58. The van der Waals surface area contributed by atoms with Crippen molar-refractivity contribution in [2.75, 3.05) is 13.1 Å². The lowest BCUT2D eigenvalue weighted by Gasteiger charge is -2.04. The summed E-state index contributed by atoms with van der Waals surface area (Å²) < 4.78 is 0. The molecule has 0 aromatic carbocycles. The first-order chi connectivity index (χ1) is 9.41. The van der Waals surface area contributed by atoms with Gasteiger partial charge in [-0.2, -0.15) is 0 Å². The summed E-state index contributed by atoms with van der Waals surface area (Å²) in [5.74, 6) is 0. The molecule has 0 aliphatic heterocycles. The molecule has 0 rings (SSSR count). The largest absolute Gasteiger partial charge is 0.317 e. The Hall–Kier alpha value is -0.300. The van der Waals surface area contributed by atoms with Gasteiger partial charge in [0.05, 0.1) is 0 Å². The first-order valence-corrected chi connectivity index (χ1v) is 8.77. The Morgan fingerprint density at radius 2 is 1.21 bits per heavy atom. The van der Waals surface area contributed by atoms with Crippen molar-refractivity contribution in [1.82, 2.24) is 5.32 Å². The van der Waals surface area contributed by atoms with Crippen molar-refractivity contribution in [1.29, 1.82) is 0 Å². The lowest BCUT2D eigenvalue weighted by molar-refractivity contribution is 0.548. The zero-order valence-corrected chi connectivity index (χ0v) is 13.6. The van der Waals surface area contributed by atoms with Crippen LogP contribution in [0.4, 0.5) is 0 Å². The van der Waals surface area contributed by atoms with Gasteiger partial charge in [0.15, 0.2) is 0 Å². The van der Waals surface area contributed by atoms with Gasteiger partial charge in [0.2, 0.25) is 0 Å². The normalized spacial score (nSPS) is 11.5. The fourth-order valence-corrected chi connectivity index (χ4v) is 2.31. The fourth-order valence-electron chi connectivity index (χ4n) is 2.31. The van der Waals surface area contributed by atoms with Crippen LogP contribution in [0.15, 0.2) is 12.2 Å². The van der Waals surface area contributed by atoms with Gasteiger partial charge in [0.25, 0.3) is 0 Å². The van der Waals surface area contributed by atoms with Crippen LogP contribution in [-0.4, -0.2) is 13.1 Å². The summed E-state index contributed by atoms with van der Waals surface area (Å²) in [7, 11) is 0. The summed E-state index contributed by atoms with van der Waals surface area (Å²) in [5.41, 5.74) is 0. The lowest BCUT2D eigenvalue weighted by Crippen LogP contribution is -2.16. The lowest BCUT2D eigenvalue weighted by atomic mass is 10.1. The van der Waals surface area contributed by atoms with Crippen molar-refractivity contribution in [3.8, 4) is 0 Å². The zero-order valence-electron chi connectivity index (χ0n) is 13.6. The van der Waals surface area contributed by atoms with Gasteiger partial charge in [0, 0.05) is 0 Å².